The molecular formula is C13H19N5O2S. The Bertz CT molecular complexity index is 703. The minimum atomic E-state index is -0.314. The summed E-state index contributed by atoms with van der Waals surface area (Å²) in [5, 5.41) is 12.5. The number of hydrogen-bond donors (Lipinski definition) is 1. The Morgan fingerprint density at radius 2 is 2.05 bits per heavy atom. The second-order valence-corrected chi connectivity index (χ2v) is 5.71. The van der Waals surface area contributed by atoms with Crippen molar-refractivity contribution in [1.82, 2.24) is 19.3 Å². The molecule has 0 spiro atoms. The first-order valence-corrected chi connectivity index (χ1v) is 7.84. The molecule has 0 aliphatic rings. The number of aryl methyl sites for hydroxylation is 1. The zero-order chi connectivity index (χ0) is 15.2. The Kier molecular flexibility index (Phi) is 5.26. The molecule has 2 heterocycles. The van der Waals surface area contributed by atoms with Gasteiger partial charge in [0, 0.05) is 25.4 Å². The molecule has 1 N–H and O–H groups in total. The summed E-state index contributed by atoms with van der Waals surface area (Å²) in [6.45, 7) is 5.63. The molecule has 2 aromatic heterocycles. The van der Waals surface area contributed by atoms with Crippen molar-refractivity contribution in [2.45, 2.75) is 39.8 Å². The van der Waals surface area contributed by atoms with Gasteiger partial charge in [-0.1, -0.05) is 25.2 Å². The predicted molar refractivity (Wildman–Crippen MR) is 83.0 cm³/mol. The molecule has 0 fully saturated rings. The molecule has 0 aliphatic carbocycles. The molecular weight excluding hydrogens is 290 g/mol. The normalized spacial score (nSPS) is 10.8. The molecule has 0 aromatic carbocycles. The highest BCUT2D eigenvalue weighted by Crippen LogP contribution is 2.15. The van der Waals surface area contributed by atoms with Crippen molar-refractivity contribution in [1.29, 1.82) is 0 Å². The third-order valence-electron chi connectivity index (χ3n) is 2.89. The maximum atomic E-state index is 12.2. The van der Waals surface area contributed by atoms with Crippen LogP contribution in [0.1, 0.15) is 31.7 Å². The van der Waals surface area contributed by atoms with Crippen LogP contribution in [0.15, 0.2) is 21.9 Å². The van der Waals surface area contributed by atoms with Gasteiger partial charge in [0.05, 0.1) is 6.54 Å². The summed E-state index contributed by atoms with van der Waals surface area (Å²) >= 11 is 1.36. The van der Waals surface area contributed by atoms with Gasteiger partial charge in [-0.3, -0.25) is 9.36 Å². The maximum absolute atomic E-state index is 12.2. The van der Waals surface area contributed by atoms with E-state index >= 15 is 0 Å². The molecule has 2 rings (SSSR count). The van der Waals surface area contributed by atoms with Gasteiger partial charge in [-0.05, 0) is 12.8 Å². The number of aromatic nitrogens is 4. The Morgan fingerprint density at radius 1 is 1.24 bits per heavy atom. The Hall–Kier alpha value is -1.96. The van der Waals surface area contributed by atoms with E-state index in [0.29, 0.717) is 16.7 Å². The number of rotatable bonds is 7. The number of nitrogens with zero attached hydrogens (tertiary/aromatic N) is 4. The van der Waals surface area contributed by atoms with E-state index in [2.05, 4.69) is 22.4 Å². The molecule has 8 heteroatoms. The van der Waals surface area contributed by atoms with E-state index in [1.807, 2.05) is 6.92 Å². The van der Waals surface area contributed by atoms with E-state index in [-0.39, 0.29) is 17.8 Å². The van der Waals surface area contributed by atoms with Crippen molar-refractivity contribution >= 4 is 16.5 Å². The smallest absolute Gasteiger partial charge is 0.331 e. The van der Waals surface area contributed by atoms with Crippen LogP contribution < -0.4 is 16.6 Å². The summed E-state index contributed by atoms with van der Waals surface area (Å²) < 4.78 is 2.73. The van der Waals surface area contributed by atoms with Crippen molar-refractivity contribution in [3.05, 3.63) is 38.1 Å². The van der Waals surface area contributed by atoms with Crippen LogP contribution in [0.4, 0.5) is 5.13 Å². The first-order chi connectivity index (χ1) is 10.2. The molecule has 0 amide bonds. The average Bonchev–Trinajstić information content (AvgIpc) is 2.92. The lowest BCUT2D eigenvalue weighted by atomic mass is 10.4. The number of nitrogens with one attached hydrogen (secondary N) is 1. The van der Waals surface area contributed by atoms with Gasteiger partial charge in [-0.15, -0.1) is 10.2 Å². The van der Waals surface area contributed by atoms with Gasteiger partial charge in [-0.25, -0.2) is 4.79 Å². The molecule has 0 unspecified atom stereocenters. The highest BCUT2D eigenvalue weighted by Gasteiger charge is 2.09. The molecule has 0 saturated heterocycles. The van der Waals surface area contributed by atoms with E-state index < -0.39 is 0 Å². The second kappa shape index (κ2) is 7.16. The van der Waals surface area contributed by atoms with Crippen LogP contribution >= 0.6 is 11.3 Å². The molecule has 0 radical (unpaired) electrons. The van der Waals surface area contributed by atoms with Gasteiger partial charge < -0.3 is 9.88 Å². The molecule has 7 nitrogen and oxygen atoms in total. The van der Waals surface area contributed by atoms with Gasteiger partial charge in [-0.2, -0.15) is 0 Å². The van der Waals surface area contributed by atoms with E-state index in [4.69, 9.17) is 0 Å². The second-order valence-electron chi connectivity index (χ2n) is 4.64. The zero-order valence-electron chi connectivity index (χ0n) is 12.2. The topological polar surface area (TPSA) is 81.8 Å². The van der Waals surface area contributed by atoms with E-state index in [9.17, 15) is 9.59 Å². The lowest BCUT2D eigenvalue weighted by Gasteiger charge is -2.07. The maximum Gasteiger partial charge on any atom is 0.331 e. The van der Waals surface area contributed by atoms with Gasteiger partial charge in [0.15, 0.2) is 0 Å². The monoisotopic (exact) mass is 309 g/mol. The minimum Gasteiger partial charge on any atom is -0.360 e. The third-order valence-corrected chi connectivity index (χ3v) is 3.76. The summed E-state index contributed by atoms with van der Waals surface area (Å²) in [6.07, 6.45) is 3.37. The first kappa shape index (κ1) is 15.4. The molecule has 0 saturated carbocycles. The van der Waals surface area contributed by atoms with Gasteiger partial charge >= 0.3 is 5.69 Å². The van der Waals surface area contributed by atoms with E-state index in [1.54, 1.807) is 10.8 Å². The number of hydrogen-bond acceptors (Lipinski definition) is 6. The molecule has 0 atom stereocenters. The van der Waals surface area contributed by atoms with Gasteiger partial charge in [0.25, 0.3) is 5.56 Å². The Balaban J connectivity index is 2.23. The summed E-state index contributed by atoms with van der Waals surface area (Å²) in [6, 6.07) is 1.41. The molecule has 114 valence electrons. The quantitative estimate of drug-likeness (QED) is 0.829. The first-order valence-electron chi connectivity index (χ1n) is 7.02. The van der Waals surface area contributed by atoms with Crippen LogP contribution in [0, 0.1) is 0 Å². The molecule has 0 bridgehead atoms. The van der Waals surface area contributed by atoms with Crippen molar-refractivity contribution in [2.24, 2.45) is 0 Å². The van der Waals surface area contributed by atoms with Crippen LogP contribution in [-0.2, 0) is 13.1 Å². The largest absolute Gasteiger partial charge is 0.360 e. The minimum absolute atomic E-state index is 0.160. The van der Waals surface area contributed by atoms with Crippen LogP contribution in [0.25, 0.3) is 0 Å². The molecule has 0 aliphatic heterocycles. The summed E-state index contributed by atoms with van der Waals surface area (Å²) in [7, 11) is 0. The van der Waals surface area contributed by atoms with Crippen LogP contribution in [0.5, 0.6) is 0 Å². The predicted octanol–water partition coefficient (Wildman–Crippen LogP) is 1.14. The fraction of sp³-hybridized carbons (Fsp3) is 0.538. The number of anilines is 1. The van der Waals surface area contributed by atoms with Crippen molar-refractivity contribution in [3.8, 4) is 0 Å². The summed E-state index contributed by atoms with van der Waals surface area (Å²) in [4.78, 5) is 24.1. The SMILES string of the molecule is CCCNc1nnc(Cn2c(=O)ccn(CCC)c2=O)s1. The highest BCUT2D eigenvalue weighted by molar-refractivity contribution is 7.15. The van der Waals surface area contributed by atoms with Crippen molar-refractivity contribution in [3.63, 3.8) is 0 Å². The van der Waals surface area contributed by atoms with Gasteiger partial charge in [0.1, 0.15) is 5.01 Å². The van der Waals surface area contributed by atoms with Crippen LogP contribution in [0.2, 0.25) is 0 Å². The van der Waals surface area contributed by atoms with Crippen molar-refractivity contribution in [2.75, 3.05) is 11.9 Å². The summed E-state index contributed by atoms with van der Waals surface area (Å²) in [5.74, 6) is 0. The fourth-order valence-corrected chi connectivity index (χ4v) is 2.62. The average molecular weight is 309 g/mol. The van der Waals surface area contributed by atoms with E-state index in [0.717, 1.165) is 19.4 Å². The molecule has 21 heavy (non-hydrogen) atoms. The van der Waals surface area contributed by atoms with Crippen LogP contribution in [-0.4, -0.2) is 25.9 Å². The fourth-order valence-electron chi connectivity index (χ4n) is 1.87. The molecule has 2 aromatic rings. The lowest BCUT2D eigenvalue weighted by molar-refractivity contribution is 0.569. The van der Waals surface area contributed by atoms with Crippen molar-refractivity contribution < 1.29 is 0 Å². The standard InChI is InChI=1S/C13H19N5O2S/c1-3-6-14-12-16-15-10(21-12)9-18-11(19)5-8-17(7-4-2)13(18)20/h5,8H,3-4,6-7,9H2,1-2H3,(H,14,16). The highest BCUT2D eigenvalue weighted by atomic mass is 32.1. The van der Waals surface area contributed by atoms with Gasteiger partial charge in [0.2, 0.25) is 5.13 Å². The summed E-state index contributed by atoms with van der Waals surface area (Å²) in [5.41, 5.74) is -0.617. The Morgan fingerprint density at radius 3 is 2.76 bits per heavy atom. The van der Waals surface area contributed by atoms with E-state index in [1.165, 1.54) is 22.0 Å². The Labute approximate surface area is 126 Å². The zero-order valence-corrected chi connectivity index (χ0v) is 13.0. The third kappa shape index (κ3) is 3.78. The van der Waals surface area contributed by atoms with Crippen LogP contribution in [0.3, 0.4) is 0 Å². The lowest BCUT2D eigenvalue weighted by Crippen LogP contribution is -2.39.